The average molecular weight is 405 g/mol. The molecule has 0 amide bonds. The maximum Gasteiger partial charge on any atom is 0.264 e. The van der Waals surface area contributed by atoms with Crippen LogP contribution in [-0.4, -0.2) is 27.2 Å². The third-order valence-corrected chi connectivity index (χ3v) is 6.80. The van der Waals surface area contributed by atoms with E-state index in [1.807, 2.05) is 25.1 Å². The van der Waals surface area contributed by atoms with Crippen LogP contribution in [0.3, 0.4) is 0 Å². The molecule has 0 spiro atoms. The molecular weight excluding hydrogens is 380 g/mol. The van der Waals surface area contributed by atoms with E-state index in [0.29, 0.717) is 22.2 Å². The molecule has 0 aromatic heterocycles. The summed E-state index contributed by atoms with van der Waals surface area (Å²) in [5.74, 6) is 0. The van der Waals surface area contributed by atoms with Gasteiger partial charge in [0.2, 0.25) is 0 Å². The van der Waals surface area contributed by atoms with Gasteiger partial charge in [0.05, 0.1) is 10.6 Å². The van der Waals surface area contributed by atoms with Crippen LogP contribution < -0.4 is 4.31 Å². The number of aryl methyl sites for hydroxylation is 1. The predicted octanol–water partition coefficient (Wildman–Crippen LogP) is 5.23. The molecule has 0 bridgehead atoms. The van der Waals surface area contributed by atoms with Crippen molar-refractivity contribution in [2.24, 2.45) is 4.99 Å². The molecule has 0 saturated heterocycles. The molecule has 144 valence electrons. The van der Waals surface area contributed by atoms with E-state index < -0.39 is 10.0 Å². The smallest absolute Gasteiger partial charge is 0.264 e. The summed E-state index contributed by atoms with van der Waals surface area (Å²) in [4.78, 5) is 5.06. The van der Waals surface area contributed by atoms with Gasteiger partial charge in [-0.25, -0.2) is 8.42 Å². The molecule has 0 radical (unpaired) electrons. The van der Waals surface area contributed by atoms with Gasteiger partial charge in [-0.15, -0.1) is 0 Å². The third kappa shape index (κ3) is 4.36. The van der Waals surface area contributed by atoms with Gasteiger partial charge in [-0.1, -0.05) is 42.6 Å². The van der Waals surface area contributed by atoms with Crippen molar-refractivity contribution in [3.8, 4) is 0 Å². The van der Waals surface area contributed by atoms with Crippen molar-refractivity contribution in [2.45, 2.75) is 44.4 Å². The molecule has 2 aromatic rings. The molecule has 6 heteroatoms. The topological polar surface area (TPSA) is 49.7 Å². The number of fused-ring (bicyclic) bond motifs is 1. The van der Waals surface area contributed by atoms with Gasteiger partial charge in [0, 0.05) is 29.4 Å². The number of unbranched alkanes of at least 4 members (excludes halogenated alkanes) is 1. The molecule has 1 heterocycles. The standard InChI is InChI=1S/C21H25ClN2O2S/c1-3-4-13-23-20-6-5-14-24(21-12-9-17(22)15-19(20)21)27(25,26)18-10-7-16(2)8-11-18/h7-12,15H,3-6,13-14H2,1-2H3. The first kappa shape index (κ1) is 19.9. The Balaban J connectivity index is 2.07. The number of sulfonamides is 1. The molecular formula is C21H25ClN2O2S. The fourth-order valence-electron chi connectivity index (χ4n) is 3.23. The number of aliphatic imine (C=N–C) groups is 1. The van der Waals surface area contributed by atoms with E-state index in [1.54, 1.807) is 24.3 Å². The van der Waals surface area contributed by atoms with E-state index >= 15 is 0 Å². The number of hydrogen-bond donors (Lipinski definition) is 0. The number of rotatable bonds is 5. The first-order valence-electron chi connectivity index (χ1n) is 9.36. The van der Waals surface area contributed by atoms with Crippen molar-refractivity contribution in [2.75, 3.05) is 17.4 Å². The lowest BCUT2D eigenvalue weighted by Gasteiger charge is -2.24. The predicted molar refractivity (Wildman–Crippen MR) is 113 cm³/mol. The van der Waals surface area contributed by atoms with Crippen LogP contribution in [0.5, 0.6) is 0 Å². The van der Waals surface area contributed by atoms with Gasteiger partial charge in [-0.3, -0.25) is 9.30 Å². The second-order valence-corrected chi connectivity index (χ2v) is 9.14. The maximum absolute atomic E-state index is 13.3. The number of halogens is 1. The van der Waals surface area contributed by atoms with Crippen LogP contribution in [0.4, 0.5) is 5.69 Å². The lowest BCUT2D eigenvalue weighted by Crippen LogP contribution is -2.31. The number of benzene rings is 2. The minimum atomic E-state index is -3.64. The number of anilines is 1. The Hall–Kier alpha value is -1.85. The zero-order chi connectivity index (χ0) is 19.4. The van der Waals surface area contributed by atoms with Crippen LogP contribution in [0.15, 0.2) is 52.4 Å². The van der Waals surface area contributed by atoms with Crippen LogP contribution >= 0.6 is 11.6 Å². The summed E-state index contributed by atoms with van der Waals surface area (Å²) in [6.07, 6.45) is 3.57. The van der Waals surface area contributed by atoms with Crippen molar-refractivity contribution in [3.05, 3.63) is 58.6 Å². The SMILES string of the molecule is CCCCN=C1CCCN(S(=O)(=O)c2ccc(C)cc2)c2ccc(Cl)cc21. The molecule has 0 atom stereocenters. The fraction of sp³-hybridized carbons (Fsp3) is 0.381. The lowest BCUT2D eigenvalue weighted by atomic mass is 10.1. The molecule has 3 rings (SSSR count). The monoisotopic (exact) mass is 404 g/mol. The summed E-state index contributed by atoms with van der Waals surface area (Å²) in [6.45, 7) is 5.26. The molecule has 27 heavy (non-hydrogen) atoms. The van der Waals surface area contributed by atoms with Gasteiger partial charge < -0.3 is 0 Å². The molecule has 0 unspecified atom stereocenters. The van der Waals surface area contributed by atoms with Crippen molar-refractivity contribution in [1.82, 2.24) is 0 Å². The summed E-state index contributed by atoms with van der Waals surface area (Å²) >= 11 is 6.23. The highest BCUT2D eigenvalue weighted by Gasteiger charge is 2.29. The quantitative estimate of drug-likeness (QED) is 0.641. The summed E-state index contributed by atoms with van der Waals surface area (Å²) < 4.78 is 28.1. The van der Waals surface area contributed by atoms with Crippen molar-refractivity contribution in [3.63, 3.8) is 0 Å². The van der Waals surface area contributed by atoms with Gasteiger partial charge in [-0.2, -0.15) is 0 Å². The first-order valence-corrected chi connectivity index (χ1v) is 11.2. The van der Waals surface area contributed by atoms with Gasteiger partial charge >= 0.3 is 0 Å². The zero-order valence-electron chi connectivity index (χ0n) is 15.8. The van der Waals surface area contributed by atoms with Gasteiger partial charge in [-0.05, 0) is 56.5 Å². The minimum absolute atomic E-state index is 0.306. The van der Waals surface area contributed by atoms with Crippen molar-refractivity contribution in [1.29, 1.82) is 0 Å². The Kier molecular flexibility index (Phi) is 6.22. The maximum atomic E-state index is 13.3. The molecule has 1 aliphatic heterocycles. The normalized spacial score (nSPS) is 16.3. The third-order valence-electron chi connectivity index (χ3n) is 4.74. The van der Waals surface area contributed by atoms with E-state index in [0.717, 1.165) is 49.1 Å². The van der Waals surface area contributed by atoms with E-state index in [4.69, 9.17) is 16.6 Å². The highest BCUT2D eigenvalue weighted by molar-refractivity contribution is 7.92. The van der Waals surface area contributed by atoms with Gasteiger partial charge in [0.1, 0.15) is 0 Å². The summed E-state index contributed by atoms with van der Waals surface area (Å²) in [6, 6.07) is 12.4. The number of hydrogen-bond acceptors (Lipinski definition) is 3. The number of nitrogens with zero attached hydrogens (tertiary/aromatic N) is 2. The minimum Gasteiger partial charge on any atom is -0.289 e. The second-order valence-electron chi connectivity index (χ2n) is 6.84. The Morgan fingerprint density at radius 2 is 1.89 bits per heavy atom. The largest absolute Gasteiger partial charge is 0.289 e. The van der Waals surface area contributed by atoms with E-state index in [-0.39, 0.29) is 0 Å². The average Bonchev–Trinajstić information content (AvgIpc) is 2.82. The molecule has 2 aromatic carbocycles. The molecule has 0 N–H and O–H groups in total. The van der Waals surface area contributed by atoms with Gasteiger partial charge in [0.15, 0.2) is 0 Å². The highest BCUT2D eigenvalue weighted by Crippen LogP contribution is 2.33. The molecule has 0 fully saturated rings. The summed E-state index contributed by atoms with van der Waals surface area (Å²) in [5, 5.41) is 0.589. The summed E-state index contributed by atoms with van der Waals surface area (Å²) in [5.41, 5.74) is 3.46. The van der Waals surface area contributed by atoms with E-state index in [1.165, 1.54) is 4.31 Å². The Morgan fingerprint density at radius 1 is 1.15 bits per heavy atom. The van der Waals surface area contributed by atoms with Crippen LogP contribution in [0.2, 0.25) is 5.02 Å². The highest BCUT2D eigenvalue weighted by atomic mass is 35.5. The van der Waals surface area contributed by atoms with Crippen LogP contribution in [0.25, 0.3) is 0 Å². The molecule has 1 aliphatic rings. The fourth-order valence-corrected chi connectivity index (χ4v) is 4.92. The van der Waals surface area contributed by atoms with Gasteiger partial charge in [0.25, 0.3) is 10.0 Å². The molecule has 4 nitrogen and oxygen atoms in total. The molecule has 0 saturated carbocycles. The Morgan fingerprint density at radius 3 is 2.59 bits per heavy atom. The van der Waals surface area contributed by atoms with Crippen molar-refractivity contribution < 1.29 is 8.42 Å². The van der Waals surface area contributed by atoms with Crippen LogP contribution in [-0.2, 0) is 10.0 Å². The lowest BCUT2D eigenvalue weighted by molar-refractivity contribution is 0.590. The summed E-state index contributed by atoms with van der Waals surface area (Å²) in [7, 11) is -3.64. The van der Waals surface area contributed by atoms with E-state index in [2.05, 4.69) is 6.92 Å². The zero-order valence-corrected chi connectivity index (χ0v) is 17.4. The Bertz CT molecular complexity index is 937. The second kappa shape index (κ2) is 8.44. The van der Waals surface area contributed by atoms with Crippen LogP contribution in [0.1, 0.15) is 43.7 Å². The van der Waals surface area contributed by atoms with Crippen LogP contribution in [0, 0.1) is 6.92 Å². The van der Waals surface area contributed by atoms with Crippen molar-refractivity contribution >= 4 is 33.0 Å². The Labute approximate surface area is 166 Å². The molecule has 0 aliphatic carbocycles. The first-order chi connectivity index (χ1) is 12.9. The van der Waals surface area contributed by atoms with E-state index in [9.17, 15) is 8.42 Å².